The van der Waals surface area contributed by atoms with Crippen molar-refractivity contribution in [2.24, 2.45) is 0 Å². The van der Waals surface area contributed by atoms with E-state index in [-0.39, 0.29) is 0 Å². The Morgan fingerprint density at radius 2 is 2.06 bits per heavy atom. The van der Waals surface area contributed by atoms with Crippen LogP contribution in [0.1, 0.15) is 32.1 Å². The molecule has 1 aromatic rings. The van der Waals surface area contributed by atoms with E-state index in [0.29, 0.717) is 11.9 Å². The van der Waals surface area contributed by atoms with Crippen LogP contribution < -0.4 is 9.64 Å². The Labute approximate surface area is 111 Å². The summed E-state index contributed by atoms with van der Waals surface area (Å²) in [5.74, 6) is 1.34. The second-order valence-corrected chi connectivity index (χ2v) is 5.28. The van der Waals surface area contributed by atoms with Crippen molar-refractivity contribution in [2.45, 2.75) is 38.1 Å². The van der Waals surface area contributed by atoms with Crippen LogP contribution in [-0.4, -0.2) is 30.2 Å². The average molecular weight is 300 g/mol. The molecule has 0 radical (unpaired) electrons. The van der Waals surface area contributed by atoms with Crippen molar-refractivity contribution < 1.29 is 4.74 Å². The van der Waals surface area contributed by atoms with Gasteiger partial charge < -0.3 is 9.64 Å². The Kier molecular flexibility index (Phi) is 4.20. The lowest BCUT2D eigenvalue weighted by atomic mass is 9.95. The maximum absolute atomic E-state index is 5.20. The van der Waals surface area contributed by atoms with E-state index in [0.717, 1.165) is 10.4 Å². The first kappa shape index (κ1) is 12.6. The molecule has 1 aromatic heterocycles. The zero-order valence-electron chi connectivity index (χ0n) is 10.3. The van der Waals surface area contributed by atoms with Gasteiger partial charge in [-0.2, -0.15) is 4.98 Å². The smallest absolute Gasteiger partial charge is 0.232 e. The molecule has 1 aliphatic carbocycles. The molecule has 0 bridgehead atoms. The fourth-order valence-electron chi connectivity index (χ4n) is 2.29. The van der Waals surface area contributed by atoms with Gasteiger partial charge in [-0.15, -0.1) is 0 Å². The number of halogens is 1. The highest BCUT2D eigenvalue weighted by Crippen LogP contribution is 2.27. The largest absolute Gasteiger partial charge is 0.480 e. The predicted molar refractivity (Wildman–Crippen MR) is 71.6 cm³/mol. The first-order valence-corrected chi connectivity index (χ1v) is 6.81. The molecule has 1 aliphatic rings. The van der Waals surface area contributed by atoms with Crippen LogP contribution in [0.25, 0.3) is 0 Å². The number of hydrogen-bond acceptors (Lipinski definition) is 4. The third-order valence-corrected chi connectivity index (χ3v) is 3.87. The minimum atomic E-state index is 0.564. The molecule has 1 fully saturated rings. The minimum Gasteiger partial charge on any atom is -0.480 e. The zero-order chi connectivity index (χ0) is 12.3. The molecule has 0 amide bonds. The summed E-state index contributed by atoms with van der Waals surface area (Å²) in [4.78, 5) is 10.9. The topological polar surface area (TPSA) is 38.2 Å². The summed E-state index contributed by atoms with van der Waals surface area (Å²) < 4.78 is 5.99. The molecule has 1 saturated carbocycles. The van der Waals surface area contributed by atoms with Gasteiger partial charge in [0.1, 0.15) is 0 Å². The quantitative estimate of drug-likeness (QED) is 0.860. The normalized spacial score (nSPS) is 16.9. The Balaban J connectivity index is 2.15. The van der Waals surface area contributed by atoms with Gasteiger partial charge in [0.25, 0.3) is 0 Å². The second-order valence-electron chi connectivity index (χ2n) is 4.43. The van der Waals surface area contributed by atoms with Crippen LogP contribution in [0.3, 0.4) is 0 Å². The average Bonchev–Trinajstić information content (AvgIpc) is 2.39. The fourth-order valence-corrected chi connectivity index (χ4v) is 2.64. The van der Waals surface area contributed by atoms with E-state index < -0.39 is 0 Å². The zero-order valence-corrected chi connectivity index (χ0v) is 11.9. The molecule has 0 N–H and O–H groups in total. The summed E-state index contributed by atoms with van der Waals surface area (Å²) in [5.41, 5.74) is 0. The van der Waals surface area contributed by atoms with Gasteiger partial charge >= 0.3 is 0 Å². The maximum atomic E-state index is 5.20. The number of ether oxygens (including phenoxy) is 1. The van der Waals surface area contributed by atoms with Crippen LogP contribution in [0.15, 0.2) is 10.7 Å². The van der Waals surface area contributed by atoms with E-state index in [1.54, 1.807) is 13.3 Å². The molecule has 0 spiro atoms. The predicted octanol–water partition coefficient (Wildman–Crippen LogP) is 3.02. The lowest BCUT2D eigenvalue weighted by molar-refractivity contribution is 0.390. The monoisotopic (exact) mass is 299 g/mol. The first-order valence-electron chi connectivity index (χ1n) is 6.01. The molecule has 4 nitrogen and oxygen atoms in total. The summed E-state index contributed by atoms with van der Waals surface area (Å²) in [6, 6.07) is 0.564. The highest BCUT2D eigenvalue weighted by Gasteiger charge is 2.20. The molecule has 5 heteroatoms. The van der Waals surface area contributed by atoms with Crippen LogP contribution in [-0.2, 0) is 0 Å². The summed E-state index contributed by atoms with van der Waals surface area (Å²) in [5, 5.41) is 0. The molecule has 0 atom stereocenters. The van der Waals surface area contributed by atoms with Crippen molar-refractivity contribution in [3.05, 3.63) is 10.7 Å². The van der Waals surface area contributed by atoms with Gasteiger partial charge in [-0.05, 0) is 28.8 Å². The third kappa shape index (κ3) is 2.89. The van der Waals surface area contributed by atoms with Gasteiger partial charge in [-0.3, -0.25) is 0 Å². The minimum absolute atomic E-state index is 0.564. The number of rotatable bonds is 3. The maximum Gasteiger partial charge on any atom is 0.232 e. The highest BCUT2D eigenvalue weighted by molar-refractivity contribution is 9.10. The van der Waals surface area contributed by atoms with E-state index in [4.69, 9.17) is 4.74 Å². The van der Waals surface area contributed by atoms with Crippen LogP contribution in [0, 0.1) is 0 Å². The summed E-state index contributed by atoms with van der Waals surface area (Å²) in [6.07, 6.45) is 8.19. The number of anilines is 1. The van der Waals surface area contributed by atoms with Gasteiger partial charge in [0.05, 0.1) is 17.8 Å². The number of nitrogens with zero attached hydrogens (tertiary/aromatic N) is 3. The van der Waals surface area contributed by atoms with Crippen molar-refractivity contribution in [3.63, 3.8) is 0 Å². The SMILES string of the molecule is COc1nc(N(C)C2CCCCC2)ncc1Br. The van der Waals surface area contributed by atoms with Crippen molar-refractivity contribution in [1.29, 1.82) is 0 Å². The third-order valence-electron chi connectivity index (χ3n) is 3.33. The van der Waals surface area contributed by atoms with E-state index >= 15 is 0 Å². The van der Waals surface area contributed by atoms with Gasteiger partial charge in [-0.25, -0.2) is 4.98 Å². The lowest BCUT2D eigenvalue weighted by Crippen LogP contribution is -2.34. The van der Waals surface area contributed by atoms with Crippen LogP contribution in [0.4, 0.5) is 5.95 Å². The Bertz CT molecular complexity index is 380. The number of methoxy groups -OCH3 is 1. The van der Waals surface area contributed by atoms with Gasteiger partial charge in [0.15, 0.2) is 0 Å². The van der Waals surface area contributed by atoms with Crippen LogP contribution in [0.5, 0.6) is 5.88 Å². The molecule has 17 heavy (non-hydrogen) atoms. The van der Waals surface area contributed by atoms with Crippen LogP contribution >= 0.6 is 15.9 Å². The Morgan fingerprint density at radius 1 is 1.35 bits per heavy atom. The Morgan fingerprint density at radius 3 is 2.71 bits per heavy atom. The van der Waals surface area contributed by atoms with E-state index in [1.165, 1.54) is 32.1 Å². The van der Waals surface area contributed by atoms with Gasteiger partial charge in [-0.1, -0.05) is 19.3 Å². The van der Waals surface area contributed by atoms with Gasteiger partial charge in [0, 0.05) is 13.1 Å². The number of hydrogen-bond donors (Lipinski definition) is 0. The van der Waals surface area contributed by atoms with Crippen molar-refractivity contribution >= 4 is 21.9 Å². The van der Waals surface area contributed by atoms with Crippen molar-refractivity contribution in [3.8, 4) is 5.88 Å². The van der Waals surface area contributed by atoms with Crippen molar-refractivity contribution in [2.75, 3.05) is 19.1 Å². The highest BCUT2D eigenvalue weighted by atomic mass is 79.9. The first-order chi connectivity index (χ1) is 8.22. The standard InChI is InChI=1S/C12H18BrN3O/c1-16(9-6-4-3-5-7-9)12-14-8-10(13)11(15-12)17-2/h8-9H,3-7H2,1-2H3. The summed E-state index contributed by atoms with van der Waals surface area (Å²) >= 11 is 3.37. The molecular weight excluding hydrogens is 282 g/mol. The van der Waals surface area contributed by atoms with Crippen molar-refractivity contribution in [1.82, 2.24) is 9.97 Å². The van der Waals surface area contributed by atoms with Crippen LogP contribution in [0.2, 0.25) is 0 Å². The fraction of sp³-hybridized carbons (Fsp3) is 0.667. The molecule has 1 heterocycles. The molecule has 2 rings (SSSR count). The molecular formula is C12H18BrN3O. The summed E-state index contributed by atoms with van der Waals surface area (Å²) in [7, 11) is 3.69. The molecule has 0 saturated heterocycles. The number of aromatic nitrogens is 2. The lowest BCUT2D eigenvalue weighted by Gasteiger charge is -2.31. The second kappa shape index (κ2) is 5.67. The summed E-state index contributed by atoms with van der Waals surface area (Å²) in [6.45, 7) is 0. The van der Waals surface area contributed by atoms with E-state index in [9.17, 15) is 0 Å². The molecule has 94 valence electrons. The molecule has 0 aromatic carbocycles. The van der Waals surface area contributed by atoms with E-state index in [1.807, 2.05) is 0 Å². The van der Waals surface area contributed by atoms with E-state index in [2.05, 4.69) is 37.8 Å². The van der Waals surface area contributed by atoms with Gasteiger partial charge in [0.2, 0.25) is 11.8 Å². The Hall–Kier alpha value is -0.840. The molecule has 0 unspecified atom stereocenters. The molecule has 0 aliphatic heterocycles.